The highest BCUT2D eigenvalue weighted by atomic mass is 16.5. The molecular weight excluding hydrogens is 282 g/mol. The van der Waals surface area contributed by atoms with Crippen LogP contribution in [0.5, 0.6) is 5.75 Å². The lowest BCUT2D eigenvalue weighted by molar-refractivity contribution is 0.0834. The molecule has 0 atom stereocenters. The minimum atomic E-state index is -0.469. The van der Waals surface area contributed by atoms with Crippen molar-refractivity contribution < 1.29 is 14.1 Å². The Balaban J connectivity index is 1.84. The molecule has 2 amide bonds. The van der Waals surface area contributed by atoms with Crippen LogP contribution in [0.1, 0.15) is 25.0 Å². The van der Waals surface area contributed by atoms with Crippen molar-refractivity contribution in [2.45, 2.75) is 32.9 Å². The number of fused-ring (bicyclic) bond motifs is 1. The van der Waals surface area contributed by atoms with Gasteiger partial charge in [0.05, 0.1) is 13.1 Å². The Morgan fingerprint density at radius 2 is 2.14 bits per heavy atom. The molecule has 0 unspecified atom stereocenters. The molecule has 2 aromatic rings. The molecule has 0 saturated heterocycles. The summed E-state index contributed by atoms with van der Waals surface area (Å²) in [6.07, 6.45) is 1.50. The highest BCUT2D eigenvalue weighted by molar-refractivity contribution is 5.89. The number of rotatable bonds is 1. The Labute approximate surface area is 129 Å². The number of nitrogens with zero attached hydrogens (tertiary/aromatic N) is 2. The van der Waals surface area contributed by atoms with Crippen molar-refractivity contribution in [1.29, 1.82) is 0 Å². The van der Waals surface area contributed by atoms with Gasteiger partial charge in [-0.25, -0.2) is 4.79 Å². The van der Waals surface area contributed by atoms with Gasteiger partial charge in [0.1, 0.15) is 17.6 Å². The van der Waals surface area contributed by atoms with E-state index in [0.29, 0.717) is 18.9 Å². The minimum Gasteiger partial charge on any atom is -0.486 e. The van der Waals surface area contributed by atoms with Crippen molar-refractivity contribution in [3.63, 3.8) is 0 Å². The maximum absolute atomic E-state index is 12.5. The fourth-order valence-electron chi connectivity index (χ4n) is 2.52. The van der Waals surface area contributed by atoms with Crippen LogP contribution >= 0.6 is 0 Å². The second-order valence-electron chi connectivity index (χ2n) is 6.10. The van der Waals surface area contributed by atoms with Crippen molar-refractivity contribution in [1.82, 2.24) is 10.1 Å². The fraction of sp³-hybridized carbons (Fsp3) is 0.375. The SMILES string of the molecule is Cc1conc1NC(=O)N1Cc2ccccc2OC(C)(C)C1. The normalized spacial score (nSPS) is 16.4. The summed E-state index contributed by atoms with van der Waals surface area (Å²) >= 11 is 0. The number of hydrogen-bond acceptors (Lipinski definition) is 4. The van der Waals surface area contributed by atoms with Gasteiger partial charge in [0, 0.05) is 11.1 Å². The first-order valence-corrected chi connectivity index (χ1v) is 7.18. The maximum atomic E-state index is 12.5. The molecule has 0 fully saturated rings. The molecule has 116 valence electrons. The van der Waals surface area contributed by atoms with Gasteiger partial charge < -0.3 is 14.2 Å². The number of hydrogen-bond donors (Lipinski definition) is 1. The van der Waals surface area contributed by atoms with E-state index in [-0.39, 0.29) is 6.03 Å². The Morgan fingerprint density at radius 1 is 1.36 bits per heavy atom. The van der Waals surface area contributed by atoms with Gasteiger partial charge in [0.2, 0.25) is 0 Å². The van der Waals surface area contributed by atoms with Gasteiger partial charge in [-0.05, 0) is 26.8 Å². The van der Waals surface area contributed by atoms with Crippen LogP contribution in [0.4, 0.5) is 10.6 Å². The van der Waals surface area contributed by atoms with Crippen molar-refractivity contribution in [2.75, 3.05) is 11.9 Å². The van der Waals surface area contributed by atoms with Gasteiger partial charge in [-0.15, -0.1) is 0 Å². The zero-order valence-corrected chi connectivity index (χ0v) is 12.9. The van der Waals surface area contributed by atoms with Gasteiger partial charge in [-0.1, -0.05) is 23.4 Å². The molecule has 6 heteroatoms. The summed E-state index contributed by atoms with van der Waals surface area (Å²) in [6.45, 7) is 6.73. The number of aromatic nitrogens is 1. The summed E-state index contributed by atoms with van der Waals surface area (Å²) in [5.41, 5.74) is 1.31. The van der Waals surface area contributed by atoms with Gasteiger partial charge in [-0.3, -0.25) is 5.32 Å². The molecule has 0 radical (unpaired) electrons. The van der Waals surface area contributed by atoms with Crippen LogP contribution < -0.4 is 10.1 Å². The molecule has 1 aromatic carbocycles. The molecule has 1 aliphatic heterocycles. The Kier molecular flexibility index (Phi) is 3.52. The summed E-state index contributed by atoms with van der Waals surface area (Å²) in [5.74, 6) is 1.27. The van der Waals surface area contributed by atoms with E-state index in [9.17, 15) is 4.79 Å². The van der Waals surface area contributed by atoms with E-state index in [1.165, 1.54) is 6.26 Å². The van der Waals surface area contributed by atoms with E-state index in [0.717, 1.165) is 16.9 Å². The van der Waals surface area contributed by atoms with E-state index >= 15 is 0 Å². The Morgan fingerprint density at radius 3 is 2.86 bits per heavy atom. The predicted molar refractivity (Wildman–Crippen MR) is 81.8 cm³/mol. The monoisotopic (exact) mass is 301 g/mol. The summed E-state index contributed by atoms with van der Waals surface area (Å²) in [5, 5.41) is 6.57. The third-order valence-electron chi connectivity index (χ3n) is 3.55. The van der Waals surface area contributed by atoms with Crippen molar-refractivity contribution in [3.05, 3.63) is 41.7 Å². The smallest absolute Gasteiger partial charge is 0.323 e. The number of carbonyl (C=O) groups is 1. The number of aryl methyl sites for hydroxylation is 1. The highest BCUT2D eigenvalue weighted by Crippen LogP contribution is 2.29. The van der Waals surface area contributed by atoms with E-state index < -0.39 is 5.60 Å². The lowest BCUT2D eigenvalue weighted by Gasteiger charge is -2.29. The number of para-hydroxylation sites is 1. The zero-order valence-electron chi connectivity index (χ0n) is 12.9. The van der Waals surface area contributed by atoms with E-state index in [2.05, 4.69) is 10.5 Å². The number of urea groups is 1. The molecule has 1 aliphatic rings. The van der Waals surface area contributed by atoms with Crippen LogP contribution in [0, 0.1) is 6.92 Å². The Hall–Kier alpha value is -2.50. The van der Waals surface area contributed by atoms with Gasteiger partial charge in [0.25, 0.3) is 0 Å². The van der Waals surface area contributed by atoms with E-state index in [4.69, 9.17) is 9.26 Å². The number of ether oxygens (including phenoxy) is 1. The first kappa shape index (κ1) is 14.4. The lowest BCUT2D eigenvalue weighted by Crippen LogP contribution is -2.44. The molecule has 0 saturated carbocycles. The Bertz CT molecular complexity index is 693. The number of anilines is 1. The average Bonchev–Trinajstić information content (AvgIpc) is 2.78. The summed E-state index contributed by atoms with van der Waals surface area (Å²) in [6, 6.07) is 7.56. The number of amides is 2. The van der Waals surface area contributed by atoms with Crippen molar-refractivity contribution in [3.8, 4) is 5.75 Å². The molecule has 1 N–H and O–H groups in total. The third kappa shape index (κ3) is 2.90. The van der Waals surface area contributed by atoms with Crippen molar-refractivity contribution >= 4 is 11.8 Å². The molecule has 0 spiro atoms. The van der Waals surface area contributed by atoms with Gasteiger partial charge in [-0.2, -0.15) is 0 Å². The molecule has 22 heavy (non-hydrogen) atoms. The lowest BCUT2D eigenvalue weighted by atomic mass is 10.1. The van der Waals surface area contributed by atoms with Crippen molar-refractivity contribution in [2.24, 2.45) is 0 Å². The largest absolute Gasteiger partial charge is 0.486 e. The van der Waals surface area contributed by atoms with Crippen LogP contribution in [-0.2, 0) is 6.54 Å². The first-order chi connectivity index (χ1) is 10.4. The highest BCUT2D eigenvalue weighted by Gasteiger charge is 2.31. The van der Waals surface area contributed by atoms with E-state index in [1.54, 1.807) is 4.90 Å². The predicted octanol–water partition coefficient (Wildman–Crippen LogP) is 3.19. The minimum absolute atomic E-state index is 0.217. The quantitative estimate of drug-likeness (QED) is 0.878. The summed E-state index contributed by atoms with van der Waals surface area (Å²) in [4.78, 5) is 14.3. The third-order valence-corrected chi connectivity index (χ3v) is 3.55. The molecular formula is C16H19N3O3. The van der Waals surface area contributed by atoms with Gasteiger partial charge in [0.15, 0.2) is 5.82 Å². The molecule has 6 nitrogen and oxygen atoms in total. The van der Waals surface area contributed by atoms with Gasteiger partial charge >= 0.3 is 6.03 Å². The second-order valence-corrected chi connectivity index (χ2v) is 6.10. The zero-order chi connectivity index (χ0) is 15.7. The molecule has 1 aromatic heterocycles. The van der Waals surface area contributed by atoms with Crippen LogP contribution in [0.3, 0.4) is 0 Å². The van der Waals surface area contributed by atoms with Crippen LogP contribution in [0.25, 0.3) is 0 Å². The average molecular weight is 301 g/mol. The second kappa shape index (κ2) is 5.36. The van der Waals surface area contributed by atoms with Crippen LogP contribution in [0.15, 0.2) is 35.1 Å². The fourth-order valence-corrected chi connectivity index (χ4v) is 2.52. The van der Waals surface area contributed by atoms with Crippen LogP contribution in [-0.4, -0.2) is 28.2 Å². The molecule has 3 rings (SSSR count). The topological polar surface area (TPSA) is 67.6 Å². The first-order valence-electron chi connectivity index (χ1n) is 7.18. The van der Waals surface area contributed by atoms with E-state index in [1.807, 2.05) is 45.0 Å². The molecule has 2 heterocycles. The molecule has 0 aliphatic carbocycles. The molecule has 0 bridgehead atoms. The van der Waals surface area contributed by atoms with Crippen LogP contribution in [0.2, 0.25) is 0 Å². The maximum Gasteiger partial charge on any atom is 0.323 e. The number of nitrogens with one attached hydrogen (secondary N) is 1. The number of benzene rings is 1. The summed E-state index contributed by atoms with van der Waals surface area (Å²) in [7, 11) is 0. The number of carbonyl (C=O) groups excluding carboxylic acids is 1. The summed E-state index contributed by atoms with van der Waals surface area (Å²) < 4.78 is 10.9. The standard InChI is InChI=1S/C16H19N3O3/c1-11-9-21-18-14(11)17-15(20)19-8-12-6-4-5-7-13(12)22-16(2,3)10-19/h4-7,9H,8,10H2,1-3H3,(H,17,18,20).